The van der Waals surface area contributed by atoms with E-state index in [9.17, 15) is 14.4 Å². The second-order valence-corrected chi connectivity index (χ2v) is 12.1. The number of guanidine groups is 1. The Morgan fingerprint density at radius 1 is 0.808 bits per heavy atom. The van der Waals surface area contributed by atoms with Crippen molar-refractivity contribution in [3.8, 4) is 11.5 Å². The van der Waals surface area contributed by atoms with E-state index in [0.717, 1.165) is 21.9 Å². The van der Waals surface area contributed by atoms with Crippen LogP contribution in [0.3, 0.4) is 0 Å². The molecule has 52 heavy (non-hydrogen) atoms. The van der Waals surface area contributed by atoms with Crippen molar-refractivity contribution in [1.29, 1.82) is 0 Å². The summed E-state index contributed by atoms with van der Waals surface area (Å²) in [6, 6.07) is 30.6. The van der Waals surface area contributed by atoms with Crippen LogP contribution in [0.4, 0.5) is 10.5 Å². The third kappa shape index (κ3) is 8.87. The lowest BCUT2D eigenvalue weighted by Crippen LogP contribution is -2.52. The molecular weight excluding hydrogens is 660 g/mol. The van der Waals surface area contributed by atoms with Crippen molar-refractivity contribution < 1.29 is 23.5 Å². The predicted octanol–water partition coefficient (Wildman–Crippen LogP) is 4.17. The molecule has 8 N–H and O–H groups in total. The van der Waals surface area contributed by atoms with E-state index in [4.69, 9.17) is 31.3 Å². The number of nitrogens with zero attached hydrogens (tertiary/aromatic N) is 3. The normalized spacial score (nSPS) is 12.7. The number of hydrogen-bond acceptors (Lipinski definition) is 8. The molecule has 4 aromatic rings. The standard InChI is InChI=1S/C39H38N8O5/c40-29-22-34-35(28-15-8-7-14-27(28)29)45-30-18-17-26(21-33(30)52-34)44-36(48)31(16-9-19-43-38(41)42)46-37(49)32(20-24-10-3-1-4-11-24)47-39(50)51-23-25-12-5-2-6-13-25/h1-8,10-15,17-18,21-22,31-32H,9,16,19-20,23,40H2,(H,46,49)(H,47,50)(H4,41,42,43)/t31-,32-/m0/s1. The number of hydrogen-bond donors (Lipinski definition) is 5. The van der Waals surface area contributed by atoms with Gasteiger partial charge in [-0.2, -0.15) is 0 Å². The minimum absolute atomic E-state index is 0.0183. The van der Waals surface area contributed by atoms with Gasteiger partial charge < -0.3 is 37.0 Å². The Morgan fingerprint density at radius 2 is 1.50 bits per heavy atom. The summed E-state index contributed by atoms with van der Waals surface area (Å²) in [6.45, 7) is 0.245. The Balaban J connectivity index is 1.25. The van der Waals surface area contributed by atoms with Gasteiger partial charge in [0.2, 0.25) is 5.91 Å². The van der Waals surface area contributed by atoms with E-state index in [1.165, 1.54) is 0 Å². The molecule has 13 heteroatoms. The Hall–Kier alpha value is -6.76. The van der Waals surface area contributed by atoms with Crippen LogP contribution in [0.15, 0.2) is 124 Å². The molecule has 1 aliphatic heterocycles. The van der Waals surface area contributed by atoms with Gasteiger partial charge in [0.25, 0.3) is 5.91 Å². The smallest absolute Gasteiger partial charge is 0.408 e. The third-order valence-corrected chi connectivity index (χ3v) is 8.31. The molecule has 1 aliphatic carbocycles. The van der Waals surface area contributed by atoms with Crippen LogP contribution in [0.5, 0.6) is 0 Å². The first-order chi connectivity index (χ1) is 25.2. The molecule has 6 rings (SSSR count). The summed E-state index contributed by atoms with van der Waals surface area (Å²) in [4.78, 5) is 53.5. The highest BCUT2D eigenvalue weighted by Crippen LogP contribution is 2.32. The van der Waals surface area contributed by atoms with Crippen molar-refractivity contribution in [2.45, 2.75) is 38.0 Å². The van der Waals surface area contributed by atoms with E-state index < -0.39 is 30.0 Å². The number of ether oxygens (including phenoxy) is 1. The van der Waals surface area contributed by atoms with Crippen molar-refractivity contribution >= 4 is 51.4 Å². The maximum atomic E-state index is 13.8. The highest BCUT2D eigenvalue weighted by molar-refractivity contribution is 6.09. The number of fused-ring (bicyclic) bond motifs is 4. The van der Waals surface area contributed by atoms with Crippen molar-refractivity contribution in [1.82, 2.24) is 15.6 Å². The second kappa shape index (κ2) is 16.3. The van der Waals surface area contributed by atoms with Crippen LogP contribution >= 0.6 is 0 Å². The minimum atomic E-state index is -1.07. The summed E-state index contributed by atoms with van der Waals surface area (Å²) in [5.41, 5.74) is 21.1. The number of nitrogen functional groups attached to an aromatic ring is 1. The second-order valence-electron chi connectivity index (χ2n) is 12.1. The highest BCUT2D eigenvalue weighted by Gasteiger charge is 2.27. The molecule has 0 spiro atoms. The van der Waals surface area contributed by atoms with Crippen molar-refractivity contribution in [2.75, 3.05) is 12.3 Å². The molecule has 0 unspecified atom stereocenters. The maximum Gasteiger partial charge on any atom is 0.408 e. The zero-order valence-electron chi connectivity index (χ0n) is 28.2. The summed E-state index contributed by atoms with van der Waals surface area (Å²) in [7, 11) is 0. The lowest BCUT2D eigenvalue weighted by Gasteiger charge is -2.22. The fourth-order valence-corrected chi connectivity index (χ4v) is 5.74. The molecule has 264 valence electrons. The molecule has 2 atom stereocenters. The van der Waals surface area contributed by atoms with Crippen LogP contribution in [-0.4, -0.2) is 47.5 Å². The Kier molecular flexibility index (Phi) is 11.0. The number of carbonyl (C=O) groups is 3. The number of carbonyl (C=O) groups excluding carboxylic acids is 3. The largest absolute Gasteiger partial charge is 0.453 e. The van der Waals surface area contributed by atoms with Gasteiger partial charge in [-0.1, -0.05) is 84.9 Å². The van der Waals surface area contributed by atoms with Gasteiger partial charge in [0.1, 0.15) is 29.9 Å². The molecular formula is C39H38N8O5. The van der Waals surface area contributed by atoms with Gasteiger partial charge >= 0.3 is 6.09 Å². The van der Waals surface area contributed by atoms with Gasteiger partial charge in [0.05, 0.1) is 5.36 Å². The molecule has 0 aromatic heterocycles. The molecule has 0 bridgehead atoms. The lowest BCUT2D eigenvalue weighted by molar-refractivity contribution is -0.128. The van der Waals surface area contributed by atoms with Gasteiger partial charge in [0, 0.05) is 41.6 Å². The summed E-state index contributed by atoms with van der Waals surface area (Å²) < 4.78 is 11.6. The minimum Gasteiger partial charge on any atom is -0.453 e. The van der Waals surface area contributed by atoms with Gasteiger partial charge in [-0.25, -0.2) is 14.8 Å². The average Bonchev–Trinajstić information content (AvgIpc) is 3.15. The molecule has 3 amide bonds. The first kappa shape index (κ1) is 35.1. The van der Waals surface area contributed by atoms with Crippen LogP contribution < -0.4 is 33.2 Å². The van der Waals surface area contributed by atoms with Crippen molar-refractivity contribution in [3.63, 3.8) is 0 Å². The average molecular weight is 699 g/mol. The fraction of sp³-hybridized carbons (Fsp3) is 0.179. The Morgan fingerprint density at radius 3 is 2.23 bits per heavy atom. The van der Waals surface area contributed by atoms with Crippen LogP contribution in [-0.2, 0) is 27.4 Å². The summed E-state index contributed by atoms with van der Waals surface area (Å²) in [5, 5.41) is 7.48. The van der Waals surface area contributed by atoms with E-state index in [1.807, 2.05) is 84.9 Å². The first-order valence-corrected chi connectivity index (χ1v) is 16.7. The third-order valence-electron chi connectivity index (χ3n) is 8.31. The number of benzene rings is 5. The van der Waals surface area contributed by atoms with Gasteiger partial charge in [-0.3, -0.25) is 14.6 Å². The van der Waals surface area contributed by atoms with E-state index in [-0.39, 0.29) is 32.0 Å². The summed E-state index contributed by atoms with van der Waals surface area (Å²) >= 11 is 0. The van der Waals surface area contributed by atoms with Crippen molar-refractivity contribution in [3.05, 3.63) is 126 Å². The number of nitrogens with one attached hydrogen (secondary N) is 2. The quantitative estimate of drug-likeness (QED) is 0.0309. The molecule has 1 heterocycles. The van der Waals surface area contributed by atoms with Crippen LogP contribution in [0, 0.1) is 0 Å². The number of amides is 3. The number of aliphatic imine (C=N–C) groups is 1. The van der Waals surface area contributed by atoms with Crippen LogP contribution in [0.2, 0.25) is 0 Å². The zero-order chi connectivity index (χ0) is 36.5. The van der Waals surface area contributed by atoms with E-state index in [0.29, 0.717) is 40.0 Å². The first-order valence-electron chi connectivity index (χ1n) is 16.7. The van der Waals surface area contributed by atoms with Gasteiger partial charge in [0.15, 0.2) is 17.3 Å². The Labute approximate surface area is 298 Å². The number of nitrogens with two attached hydrogens (primary N) is 3. The fourth-order valence-electron chi connectivity index (χ4n) is 5.74. The van der Waals surface area contributed by atoms with Crippen molar-refractivity contribution in [2.24, 2.45) is 21.5 Å². The van der Waals surface area contributed by atoms with Crippen LogP contribution in [0.1, 0.15) is 24.0 Å². The molecule has 0 saturated heterocycles. The SMILES string of the molecule is NC(N)=NCCC[C@H](NC(=O)[C@H](Cc1ccccc1)NC(=O)OCc1ccccc1)C(=O)N=c1ccc2nc3c(cc(N)c4ccccc43)oc-2c1. The Bertz CT molecular complexity index is 2270. The lowest BCUT2D eigenvalue weighted by atomic mass is 10.0. The molecule has 2 aliphatic rings. The number of rotatable bonds is 12. The van der Waals surface area contributed by atoms with E-state index in [2.05, 4.69) is 20.6 Å². The predicted molar refractivity (Wildman–Crippen MR) is 199 cm³/mol. The van der Waals surface area contributed by atoms with E-state index >= 15 is 0 Å². The number of anilines is 1. The highest BCUT2D eigenvalue weighted by atomic mass is 16.5. The monoisotopic (exact) mass is 698 g/mol. The molecule has 13 nitrogen and oxygen atoms in total. The number of alkyl carbamates (subject to hydrolysis) is 1. The van der Waals surface area contributed by atoms with Gasteiger partial charge in [-0.05, 0) is 36.1 Å². The summed E-state index contributed by atoms with van der Waals surface area (Å²) in [6.07, 6.45) is -0.112. The van der Waals surface area contributed by atoms with Gasteiger partial charge in [-0.15, -0.1) is 0 Å². The topological polar surface area (TPSA) is 213 Å². The molecule has 0 fully saturated rings. The van der Waals surface area contributed by atoms with E-state index in [1.54, 1.807) is 24.3 Å². The molecule has 0 radical (unpaired) electrons. The maximum absolute atomic E-state index is 13.8. The summed E-state index contributed by atoms with van der Waals surface area (Å²) in [5.74, 6) is -0.907. The number of aromatic nitrogens is 1. The molecule has 4 aromatic carbocycles. The zero-order valence-corrected chi connectivity index (χ0v) is 28.2. The molecule has 0 saturated carbocycles. The van der Waals surface area contributed by atoms with Crippen LogP contribution in [0.25, 0.3) is 33.3 Å².